The lowest BCUT2D eigenvalue weighted by molar-refractivity contribution is 0.507. The highest BCUT2D eigenvalue weighted by Gasteiger charge is 2.10. The molecule has 0 amide bonds. The summed E-state index contributed by atoms with van der Waals surface area (Å²) in [7, 11) is 1.95. The molecule has 2 N–H and O–H groups in total. The number of hydrogen-bond acceptors (Lipinski definition) is 4. The largest absolute Gasteiger partial charge is 0.467 e. The zero-order valence-electron chi connectivity index (χ0n) is 9.46. The zero-order chi connectivity index (χ0) is 12.3. The van der Waals surface area contributed by atoms with Gasteiger partial charge in [-0.2, -0.15) is 0 Å². The van der Waals surface area contributed by atoms with E-state index in [1.807, 2.05) is 30.1 Å². The van der Waals surface area contributed by atoms with E-state index in [1.165, 1.54) is 0 Å². The van der Waals surface area contributed by atoms with E-state index in [0.29, 0.717) is 11.5 Å². The topological polar surface area (TPSA) is 55.3 Å². The Hall–Kier alpha value is -1.88. The van der Waals surface area contributed by atoms with Crippen LogP contribution in [0.15, 0.2) is 41.3 Å². The van der Waals surface area contributed by atoms with Crippen molar-refractivity contribution in [3.63, 3.8) is 0 Å². The minimum atomic E-state index is 0.369. The molecule has 0 aromatic carbocycles. The van der Waals surface area contributed by atoms with Crippen LogP contribution in [0.2, 0.25) is 0 Å². The quantitative estimate of drug-likeness (QED) is 0.837. The maximum Gasteiger partial charge on any atom is 0.123 e. The van der Waals surface area contributed by atoms with Gasteiger partial charge in [-0.05, 0) is 18.2 Å². The van der Waals surface area contributed by atoms with Crippen molar-refractivity contribution >= 4 is 22.9 Å². The third kappa shape index (κ3) is 2.62. The average molecular weight is 247 g/mol. The minimum Gasteiger partial charge on any atom is -0.467 e. The molecule has 0 fully saturated rings. The summed E-state index contributed by atoms with van der Waals surface area (Å²) in [5.41, 5.74) is 7.40. The Kier molecular flexibility index (Phi) is 3.39. The van der Waals surface area contributed by atoms with Crippen molar-refractivity contribution in [2.75, 3.05) is 11.9 Å². The average Bonchev–Trinajstić information content (AvgIpc) is 2.81. The summed E-state index contributed by atoms with van der Waals surface area (Å²) in [6, 6.07) is 5.60. The van der Waals surface area contributed by atoms with Gasteiger partial charge in [-0.3, -0.25) is 4.98 Å². The first-order valence-corrected chi connectivity index (χ1v) is 5.56. The van der Waals surface area contributed by atoms with Crippen LogP contribution in [0.4, 0.5) is 5.69 Å². The first-order chi connectivity index (χ1) is 8.18. The molecular formula is C12H13N3OS. The summed E-state index contributed by atoms with van der Waals surface area (Å²) in [5, 5.41) is 0. The van der Waals surface area contributed by atoms with Crippen molar-refractivity contribution in [1.82, 2.24) is 4.98 Å². The lowest BCUT2D eigenvalue weighted by atomic mass is 10.2. The first kappa shape index (κ1) is 11.6. The molecule has 0 unspecified atom stereocenters. The summed E-state index contributed by atoms with van der Waals surface area (Å²) in [5.74, 6) is 0.880. The molecule has 0 atom stereocenters. The first-order valence-electron chi connectivity index (χ1n) is 5.16. The van der Waals surface area contributed by atoms with Gasteiger partial charge in [0.05, 0.1) is 24.7 Å². The summed E-state index contributed by atoms with van der Waals surface area (Å²) in [4.78, 5) is 6.46. The molecule has 2 aromatic rings. The van der Waals surface area contributed by atoms with Crippen molar-refractivity contribution in [3.05, 3.63) is 48.2 Å². The Bertz CT molecular complexity index is 510. The molecule has 0 spiro atoms. The lowest BCUT2D eigenvalue weighted by Crippen LogP contribution is -2.21. The predicted octanol–water partition coefficient (Wildman–Crippen LogP) is 1.95. The highest BCUT2D eigenvalue weighted by Crippen LogP contribution is 2.19. The fourth-order valence-corrected chi connectivity index (χ4v) is 1.79. The third-order valence-electron chi connectivity index (χ3n) is 2.45. The second kappa shape index (κ2) is 4.97. The minimum absolute atomic E-state index is 0.369. The van der Waals surface area contributed by atoms with Gasteiger partial charge in [0.2, 0.25) is 0 Å². The number of aromatic nitrogens is 1. The van der Waals surface area contributed by atoms with Crippen molar-refractivity contribution in [3.8, 4) is 0 Å². The number of furan rings is 1. The van der Waals surface area contributed by atoms with E-state index in [9.17, 15) is 0 Å². The van der Waals surface area contributed by atoms with Crippen LogP contribution < -0.4 is 10.6 Å². The molecular weight excluding hydrogens is 234 g/mol. The Morgan fingerprint density at radius 1 is 1.53 bits per heavy atom. The maximum absolute atomic E-state index is 5.68. The molecule has 4 nitrogen and oxygen atoms in total. The van der Waals surface area contributed by atoms with Crippen LogP contribution in [-0.2, 0) is 6.54 Å². The molecule has 0 aliphatic carbocycles. The number of nitrogens with zero attached hydrogens (tertiary/aromatic N) is 2. The van der Waals surface area contributed by atoms with E-state index in [4.69, 9.17) is 22.4 Å². The van der Waals surface area contributed by atoms with Crippen LogP contribution in [0.1, 0.15) is 11.3 Å². The van der Waals surface area contributed by atoms with Gasteiger partial charge in [-0.15, -0.1) is 0 Å². The number of hydrogen-bond donors (Lipinski definition) is 1. The van der Waals surface area contributed by atoms with Crippen LogP contribution >= 0.6 is 12.2 Å². The summed E-state index contributed by atoms with van der Waals surface area (Å²) < 4.78 is 5.30. The molecule has 5 heteroatoms. The SMILES string of the molecule is CN(Cc1ccco1)c1cnccc1C(N)=S. The standard InChI is InChI=1S/C12H13N3OS/c1-15(8-9-3-2-6-16-9)11-7-14-5-4-10(11)12(13)17/h2-7H,8H2,1H3,(H2,13,17). The molecule has 0 aliphatic rings. The highest BCUT2D eigenvalue weighted by molar-refractivity contribution is 7.80. The van der Waals surface area contributed by atoms with Crippen LogP contribution in [0.25, 0.3) is 0 Å². The second-order valence-corrected chi connectivity index (χ2v) is 4.13. The van der Waals surface area contributed by atoms with Crippen LogP contribution in [0, 0.1) is 0 Å². The number of anilines is 1. The van der Waals surface area contributed by atoms with E-state index < -0.39 is 0 Å². The van der Waals surface area contributed by atoms with Gasteiger partial charge in [0.15, 0.2) is 0 Å². The summed E-state index contributed by atoms with van der Waals surface area (Å²) in [6.07, 6.45) is 5.08. The van der Waals surface area contributed by atoms with Gasteiger partial charge in [0, 0.05) is 18.8 Å². The Morgan fingerprint density at radius 2 is 2.35 bits per heavy atom. The molecule has 0 aliphatic heterocycles. The van der Waals surface area contributed by atoms with Crippen molar-refractivity contribution in [1.29, 1.82) is 0 Å². The fourth-order valence-electron chi connectivity index (χ4n) is 1.62. The van der Waals surface area contributed by atoms with Crippen LogP contribution in [-0.4, -0.2) is 17.0 Å². The number of pyridine rings is 1. The van der Waals surface area contributed by atoms with Gasteiger partial charge >= 0.3 is 0 Å². The third-order valence-corrected chi connectivity index (χ3v) is 2.67. The zero-order valence-corrected chi connectivity index (χ0v) is 10.3. The van der Waals surface area contributed by atoms with E-state index in [2.05, 4.69) is 4.98 Å². The molecule has 88 valence electrons. The summed E-state index contributed by atoms with van der Waals surface area (Å²) >= 11 is 5.02. The van der Waals surface area contributed by atoms with Crippen molar-refractivity contribution in [2.24, 2.45) is 5.73 Å². The summed E-state index contributed by atoms with van der Waals surface area (Å²) in [6.45, 7) is 0.647. The molecule has 2 rings (SSSR count). The van der Waals surface area contributed by atoms with Gasteiger partial charge in [0.25, 0.3) is 0 Å². The lowest BCUT2D eigenvalue weighted by Gasteiger charge is -2.20. The fraction of sp³-hybridized carbons (Fsp3) is 0.167. The van der Waals surface area contributed by atoms with E-state index in [-0.39, 0.29) is 0 Å². The Labute approximate surface area is 105 Å². The molecule has 17 heavy (non-hydrogen) atoms. The van der Waals surface area contributed by atoms with Crippen LogP contribution in [0.3, 0.4) is 0 Å². The number of thiocarbonyl (C=S) groups is 1. The molecule has 0 bridgehead atoms. The maximum atomic E-state index is 5.68. The monoisotopic (exact) mass is 247 g/mol. The Morgan fingerprint density at radius 3 is 3.00 bits per heavy atom. The molecule has 0 saturated carbocycles. The number of nitrogens with two attached hydrogens (primary N) is 1. The van der Waals surface area contributed by atoms with Gasteiger partial charge in [-0.25, -0.2) is 0 Å². The Balaban J connectivity index is 2.24. The van der Waals surface area contributed by atoms with Crippen molar-refractivity contribution in [2.45, 2.75) is 6.54 Å². The highest BCUT2D eigenvalue weighted by atomic mass is 32.1. The van der Waals surface area contributed by atoms with Crippen molar-refractivity contribution < 1.29 is 4.42 Å². The second-order valence-electron chi connectivity index (χ2n) is 3.69. The number of rotatable bonds is 4. The van der Waals surface area contributed by atoms with E-state index in [0.717, 1.165) is 17.0 Å². The normalized spacial score (nSPS) is 10.2. The van der Waals surface area contributed by atoms with E-state index >= 15 is 0 Å². The van der Waals surface area contributed by atoms with E-state index in [1.54, 1.807) is 18.7 Å². The van der Waals surface area contributed by atoms with Crippen LogP contribution in [0.5, 0.6) is 0 Å². The molecule has 0 saturated heterocycles. The van der Waals surface area contributed by atoms with Gasteiger partial charge < -0.3 is 15.1 Å². The molecule has 2 heterocycles. The van der Waals surface area contributed by atoms with Gasteiger partial charge in [-0.1, -0.05) is 12.2 Å². The molecule has 0 radical (unpaired) electrons. The smallest absolute Gasteiger partial charge is 0.123 e. The predicted molar refractivity (Wildman–Crippen MR) is 70.9 cm³/mol. The van der Waals surface area contributed by atoms with Gasteiger partial charge in [0.1, 0.15) is 10.7 Å². The molecule has 2 aromatic heterocycles.